The minimum atomic E-state index is -0.914. The molecule has 0 bridgehead atoms. The molecule has 0 heterocycles. The number of azide groups is 1. The maximum absolute atomic E-state index is 12.5. The first-order valence-electron chi connectivity index (χ1n) is 8.56. The Kier molecular flexibility index (Phi) is 10.2. The molecule has 1 atom stereocenters. The van der Waals surface area contributed by atoms with Crippen LogP contribution in [0.15, 0.2) is 29.4 Å². The number of likely N-dealkylation sites (N-methyl/N-ethyl adjacent to an activating group) is 1. The monoisotopic (exact) mass is 437 g/mol. The van der Waals surface area contributed by atoms with Gasteiger partial charge in [-0.1, -0.05) is 71.7 Å². The van der Waals surface area contributed by atoms with Gasteiger partial charge >= 0.3 is 12.1 Å². The van der Waals surface area contributed by atoms with Crippen molar-refractivity contribution in [2.75, 3.05) is 19.4 Å². The van der Waals surface area contributed by atoms with E-state index in [4.69, 9.17) is 20.3 Å². The third-order valence-corrected chi connectivity index (χ3v) is 6.67. The van der Waals surface area contributed by atoms with Gasteiger partial charge in [0.25, 0.3) is 0 Å². The Morgan fingerprint density at radius 2 is 2.03 bits per heavy atom. The van der Waals surface area contributed by atoms with Crippen LogP contribution in [0.4, 0.5) is 10.5 Å². The molecule has 0 spiro atoms. The zero-order valence-corrected chi connectivity index (χ0v) is 18.3. The molecule has 1 amide bonds. The zero-order valence-electron chi connectivity index (χ0n) is 16.7. The molecular weight excluding hydrogens is 414 g/mol. The lowest BCUT2D eigenvalue weighted by molar-refractivity contribution is -0.146. The van der Waals surface area contributed by atoms with E-state index in [1.54, 1.807) is 41.1 Å². The Bertz CT molecular complexity index is 800. The van der Waals surface area contributed by atoms with E-state index in [2.05, 4.69) is 10.0 Å². The van der Waals surface area contributed by atoms with Gasteiger partial charge in [0, 0.05) is 28.1 Å². The maximum Gasteiger partial charge on any atom is 0.410 e. The number of ether oxygens (including phenoxy) is 2. The molecule has 0 radical (unpaired) electrons. The van der Waals surface area contributed by atoms with Crippen LogP contribution in [0.5, 0.6) is 0 Å². The van der Waals surface area contributed by atoms with E-state index in [1.807, 2.05) is 20.8 Å². The molecule has 0 aromatic heterocycles. The average molecular weight is 438 g/mol. The van der Waals surface area contributed by atoms with E-state index in [0.717, 1.165) is 4.90 Å². The summed E-state index contributed by atoms with van der Waals surface area (Å²) in [7, 11) is 4.43. The van der Waals surface area contributed by atoms with Crippen molar-refractivity contribution in [1.82, 2.24) is 4.90 Å². The first-order valence-corrected chi connectivity index (χ1v) is 10.9. The maximum atomic E-state index is 12.5. The second-order valence-corrected chi connectivity index (χ2v) is 9.91. The Labute approximate surface area is 177 Å². The molecule has 0 aliphatic carbocycles. The molecule has 1 rings (SSSR count). The summed E-state index contributed by atoms with van der Waals surface area (Å²) in [6.07, 6.45) is -0.735. The normalized spacial score (nSPS) is 11.6. The largest absolute Gasteiger partial charge is 0.449 e. The first kappa shape index (κ1) is 24.5. The van der Waals surface area contributed by atoms with Crippen molar-refractivity contribution in [3.05, 3.63) is 40.3 Å². The van der Waals surface area contributed by atoms with Crippen LogP contribution in [0.25, 0.3) is 10.4 Å². The molecule has 156 valence electrons. The fraction of sp³-hybridized carbons (Fsp3) is 0.500. The van der Waals surface area contributed by atoms with Gasteiger partial charge in [-0.3, -0.25) is 4.90 Å². The van der Waals surface area contributed by atoms with Crippen LogP contribution in [0.2, 0.25) is 0 Å². The summed E-state index contributed by atoms with van der Waals surface area (Å²) in [5.74, 6) is -0.407. The van der Waals surface area contributed by atoms with E-state index in [1.165, 1.54) is 17.8 Å². The summed E-state index contributed by atoms with van der Waals surface area (Å²) in [4.78, 5) is 28.7. The molecule has 0 fully saturated rings. The average Bonchev–Trinajstić information content (AvgIpc) is 2.67. The Morgan fingerprint density at radius 3 is 2.66 bits per heavy atom. The summed E-state index contributed by atoms with van der Waals surface area (Å²) in [5, 5.41) is 12.2. The van der Waals surface area contributed by atoms with Crippen molar-refractivity contribution in [2.24, 2.45) is 5.11 Å². The molecule has 1 aromatic rings. The number of nitrogens with zero attached hydrogens (tertiary/aromatic N) is 5. The lowest BCUT2D eigenvalue weighted by atomic mass is 10.2. The number of carbonyl (C=O) groups excluding carboxylic acids is 2. The molecule has 0 aliphatic heterocycles. The van der Waals surface area contributed by atoms with Crippen LogP contribution in [0, 0.1) is 11.3 Å². The summed E-state index contributed by atoms with van der Waals surface area (Å²) in [5.41, 5.74) is 9.51. The first-order chi connectivity index (χ1) is 13.7. The minimum Gasteiger partial charge on any atom is -0.449 e. The third kappa shape index (κ3) is 9.00. The van der Waals surface area contributed by atoms with Crippen molar-refractivity contribution < 1.29 is 19.1 Å². The van der Waals surface area contributed by atoms with Crippen molar-refractivity contribution in [2.45, 2.75) is 38.2 Å². The van der Waals surface area contributed by atoms with E-state index in [-0.39, 0.29) is 17.1 Å². The predicted molar refractivity (Wildman–Crippen MR) is 113 cm³/mol. The van der Waals surface area contributed by atoms with Crippen LogP contribution < -0.4 is 0 Å². The molecule has 0 aliphatic rings. The number of esters is 1. The van der Waals surface area contributed by atoms with Gasteiger partial charge in [-0.25, -0.2) is 9.59 Å². The highest BCUT2D eigenvalue weighted by atomic mass is 33.1. The highest BCUT2D eigenvalue weighted by Gasteiger charge is 2.30. The Balaban J connectivity index is 2.81. The smallest absolute Gasteiger partial charge is 0.410 e. The van der Waals surface area contributed by atoms with Crippen LogP contribution in [0.3, 0.4) is 0 Å². The summed E-state index contributed by atoms with van der Waals surface area (Å²) >= 11 is 0. The number of hydrogen-bond donors (Lipinski definition) is 0. The van der Waals surface area contributed by atoms with Crippen molar-refractivity contribution in [3.63, 3.8) is 0 Å². The highest BCUT2D eigenvalue weighted by molar-refractivity contribution is 8.77. The second kappa shape index (κ2) is 12.1. The van der Waals surface area contributed by atoms with Gasteiger partial charge in [0.15, 0.2) is 6.61 Å². The number of amides is 1. The minimum absolute atomic E-state index is 0.0319. The highest BCUT2D eigenvalue weighted by Crippen LogP contribution is 2.36. The Hall–Kier alpha value is -2.54. The van der Waals surface area contributed by atoms with E-state index in [0.29, 0.717) is 11.3 Å². The van der Waals surface area contributed by atoms with Gasteiger partial charge in [0.1, 0.15) is 18.7 Å². The Morgan fingerprint density at radius 1 is 1.34 bits per heavy atom. The van der Waals surface area contributed by atoms with Gasteiger partial charge in [0.05, 0.1) is 0 Å². The van der Waals surface area contributed by atoms with Crippen LogP contribution in [0.1, 0.15) is 26.3 Å². The molecule has 11 heteroatoms. The van der Waals surface area contributed by atoms with Gasteiger partial charge in [-0.2, -0.15) is 5.26 Å². The standard InChI is InChI=1S/C18H23N5O4S2/c1-18(2,3)29-28-12-15(16(24)26-10-9-19)23(4)17(25)27-11-13-7-5-6-8-14(13)21-22-20/h5-8,15H,10-12H2,1-4H3. The second-order valence-electron chi connectivity index (χ2n) is 6.75. The van der Waals surface area contributed by atoms with E-state index >= 15 is 0 Å². The SMILES string of the molecule is CN(C(=O)OCc1ccccc1N=[N+]=[N-])C(CSSC(C)(C)C)C(=O)OCC#N. The molecule has 9 nitrogen and oxygen atoms in total. The fourth-order valence-corrected chi connectivity index (χ4v) is 4.52. The third-order valence-electron chi connectivity index (χ3n) is 3.34. The number of benzene rings is 1. The topological polar surface area (TPSA) is 128 Å². The van der Waals surface area contributed by atoms with Gasteiger partial charge in [-0.15, -0.1) is 0 Å². The van der Waals surface area contributed by atoms with Gasteiger partial charge in [0.2, 0.25) is 0 Å². The molecule has 0 saturated carbocycles. The number of hydrogen-bond acceptors (Lipinski definition) is 8. The van der Waals surface area contributed by atoms with Gasteiger partial charge in [-0.05, 0) is 11.1 Å². The zero-order chi connectivity index (χ0) is 21.9. The van der Waals surface area contributed by atoms with Crippen molar-refractivity contribution in [1.29, 1.82) is 5.26 Å². The van der Waals surface area contributed by atoms with Crippen molar-refractivity contribution in [3.8, 4) is 6.07 Å². The molecule has 1 unspecified atom stereocenters. The molecule has 0 N–H and O–H groups in total. The predicted octanol–water partition coefficient (Wildman–Crippen LogP) is 4.81. The fourth-order valence-electron chi connectivity index (χ4n) is 1.96. The molecule has 1 aromatic carbocycles. The lowest BCUT2D eigenvalue weighted by Crippen LogP contribution is -2.45. The van der Waals surface area contributed by atoms with E-state index in [9.17, 15) is 9.59 Å². The van der Waals surface area contributed by atoms with Crippen LogP contribution in [-0.2, 0) is 20.9 Å². The lowest BCUT2D eigenvalue weighted by Gasteiger charge is -2.26. The summed E-state index contributed by atoms with van der Waals surface area (Å²) in [6, 6.07) is 7.53. The summed E-state index contributed by atoms with van der Waals surface area (Å²) < 4.78 is 10.1. The summed E-state index contributed by atoms with van der Waals surface area (Å²) in [6.45, 7) is 5.59. The van der Waals surface area contributed by atoms with Crippen LogP contribution in [-0.4, -0.2) is 47.2 Å². The van der Waals surface area contributed by atoms with Crippen molar-refractivity contribution >= 4 is 39.3 Å². The van der Waals surface area contributed by atoms with Crippen LogP contribution >= 0.6 is 21.6 Å². The number of rotatable bonds is 9. The molecular formula is C18H23N5O4S2. The number of nitriles is 1. The quantitative estimate of drug-likeness (QED) is 0.178. The van der Waals surface area contributed by atoms with Gasteiger partial charge < -0.3 is 9.47 Å². The molecule has 0 saturated heterocycles. The number of carbonyl (C=O) groups is 2. The van der Waals surface area contributed by atoms with E-state index < -0.39 is 24.7 Å². The molecule has 29 heavy (non-hydrogen) atoms.